The van der Waals surface area contributed by atoms with Crippen molar-refractivity contribution < 1.29 is 33.8 Å². The molecule has 1 aromatic rings. The van der Waals surface area contributed by atoms with E-state index in [4.69, 9.17) is 9.47 Å². The van der Waals surface area contributed by atoms with Gasteiger partial charge in [-0.1, -0.05) is 36.9 Å². The molecule has 0 fully saturated rings. The number of benzene rings is 1. The molecule has 7 nitrogen and oxygen atoms in total. The summed E-state index contributed by atoms with van der Waals surface area (Å²) in [5, 5.41) is 11.7. The summed E-state index contributed by atoms with van der Waals surface area (Å²) >= 11 is 0. The Hall–Kier alpha value is -3.74. The number of ketones is 1. The molecule has 1 aliphatic rings. The summed E-state index contributed by atoms with van der Waals surface area (Å²) in [5.74, 6) is -4.14. The molecule has 7 heteroatoms. The molecule has 2 unspecified atom stereocenters. The first-order chi connectivity index (χ1) is 15.5. The van der Waals surface area contributed by atoms with Gasteiger partial charge in [-0.05, 0) is 62.6 Å². The third kappa shape index (κ3) is 7.14. The van der Waals surface area contributed by atoms with Crippen LogP contribution in [0.25, 0.3) is 0 Å². The van der Waals surface area contributed by atoms with Crippen molar-refractivity contribution in [1.82, 2.24) is 0 Å². The SMILES string of the molecule is C=C(C)C(=O)O[C@H]1C/C(C)=C/C(=O)/C=C(/C)C(OC(=O)c2ccccc2)CC1C(=C)C(=O)[O-]. The lowest BCUT2D eigenvalue weighted by Crippen LogP contribution is -2.39. The number of carboxylic acid groups (broad SMARTS) is 1. The number of rotatable bonds is 6. The van der Waals surface area contributed by atoms with Crippen molar-refractivity contribution in [2.24, 2.45) is 5.92 Å². The summed E-state index contributed by atoms with van der Waals surface area (Å²) in [6.07, 6.45) is 0.737. The molecule has 0 aliphatic heterocycles. The Balaban J connectivity index is 2.51. The van der Waals surface area contributed by atoms with Gasteiger partial charge in [0.15, 0.2) is 5.78 Å². The van der Waals surface area contributed by atoms with Gasteiger partial charge in [0.2, 0.25) is 0 Å². The first-order valence-electron chi connectivity index (χ1n) is 10.4. The summed E-state index contributed by atoms with van der Waals surface area (Å²) in [4.78, 5) is 49.2. The monoisotopic (exact) mass is 451 g/mol. The molecular formula is C26H27O7-. The molecule has 1 aliphatic carbocycles. The van der Waals surface area contributed by atoms with Crippen LogP contribution in [0.1, 0.15) is 44.0 Å². The quantitative estimate of drug-likeness (QED) is 0.483. The fourth-order valence-corrected chi connectivity index (χ4v) is 3.48. The molecule has 174 valence electrons. The predicted molar refractivity (Wildman–Crippen MR) is 120 cm³/mol. The van der Waals surface area contributed by atoms with E-state index < -0.39 is 36.0 Å². The van der Waals surface area contributed by atoms with E-state index in [2.05, 4.69) is 13.2 Å². The minimum Gasteiger partial charge on any atom is -0.545 e. The maximum absolute atomic E-state index is 12.7. The van der Waals surface area contributed by atoms with Gasteiger partial charge in [0.25, 0.3) is 0 Å². The fourth-order valence-electron chi connectivity index (χ4n) is 3.48. The first kappa shape index (κ1) is 25.5. The number of allylic oxidation sites excluding steroid dienone is 2. The Kier molecular flexibility index (Phi) is 8.68. The van der Waals surface area contributed by atoms with Crippen molar-refractivity contribution in [2.75, 3.05) is 0 Å². The summed E-state index contributed by atoms with van der Waals surface area (Å²) in [5.41, 5.74) is 1.12. The third-order valence-electron chi connectivity index (χ3n) is 5.28. The van der Waals surface area contributed by atoms with Crippen LogP contribution in [0, 0.1) is 5.92 Å². The van der Waals surface area contributed by atoms with E-state index in [-0.39, 0.29) is 29.8 Å². The average molecular weight is 451 g/mol. The molecule has 0 N–H and O–H groups in total. The lowest BCUT2D eigenvalue weighted by molar-refractivity contribution is -0.300. The fraction of sp³-hybridized carbons (Fsp3) is 0.308. The van der Waals surface area contributed by atoms with E-state index >= 15 is 0 Å². The number of carboxylic acids is 1. The Labute approximate surface area is 193 Å². The molecule has 0 radical (unpaired) electrons. The van der Waals surface area contributed by atoms with Crippen LogP contribution in [-0.4, -0.2) is 35.9 Å². The van der Waals surface area contributed by atoms with Crippen LogP contribution in [0.5, 0.6) is 0 Å². The van der Waals surface area contributed by atoms with Crippen molar-refractivity contribution in [3.63, 3.8) is 0 Å². The average Bonchev–Trinajstić information content (AvgIpc) is 2.75. The first-order valence-corrected chi connectivity index (χ1v) is 10.4. The predicted octanol–water partition coefficient (Wildman–Crippen LogP) is 2.88. The maximum atomic E-state index is 12.7. The normalized spacial score (nSPS) is 24.3. The van der Waals surface area contributed by atoms with Gasteiger partial charge >= 0.3 is 11.9 Å². The molecule has 0 aromatic heterocycles. The van der Waals surface area contributed by atoms with Crippen LogP contribution in [0.2, 0.25) is 0 Å². The molecule has 0 bridgehead atoms. The van der Waals surface area contributed by atoms with Crippen molar-refractivity contribution in [3.8, 4) is 0 Å². The van der Waals surface area contributed by atoms with Crippen LogP contribution in [-0.2, 0) is 23.9 Å². The molecule has 1 aromatic carbocycles. The van der Waals surface area contributed by atoms with E-state index in [1.807, 2.05) is 0 Å². The van der Waals surface area contributed by atoms with Crippen LogP contribution in [0.3, 0.4) is 0 Å². The third-order valence-corrected chi connectivity index (χ3v) is 5.28. The molecule has 0 heterocycles. The van der Waals surface area contributed by atoms with Gasteiger partial charge in [0, 0.05) is 17.9 Å². The minimum atomic E-state index is -1.51. The standard InChI is InChI=1S/C26H28O7/c1-15(2)25(30)33-23-12-16(3)11-20(27)13-17(4)22(14-21(23)18(5)24(28)29)32-26(31)19-9-7-6-8-10-19/h6-11,13,21-23H,1,5,12,14H2,2-4H3,(H,28,29)/p-1/b16-11+,17-13-/t21?,22?,23-/m0/s1. The Morgan fingerprint density at radius 3 is 2.24 bits per heavy atom. The smallest absolute Gasteiger partial charge is 0.338 e. The highest BCUT2D eigenvalue weighted by Crippen LogP contribution is 2.31. The lowest BCUT2D eigenvalue weighted by Gasteiger charge is -2.33. The number of esters is 2. The Morgan fingerprint density at radius 2 is 1.67 bits per heavy atom. The van der Waals surface area contributed by atoms with Gasteiger partial charge in [-0.15, -0.1) is 0 Å². The van der Waals surface area contributed by atoms with Crippen molar-refractivity contribution in [3.05, 3.63) is 83.5 Å². The lowest BCUT2D eigenvalue weighted by atomic mass is 9.83. The zero-order valence-electron chi connectivity index (χ0n) is 19.0. The van der Waals surface area contributed by atoms with Gasteiger partial charge in [-0.3, -0.25) is 4.79 Å². The molecule has 3 atom stereocenters. The van der Waals surface area contributed by atoms with E-state index in [1.54, 1.807) is 44.2 Å². The van der Waals surface area contributed by atoms with Gasteiger partial charge in [-0.25, -0.2) is 9.59 Å². The Bertz CT molecular complexity index is 1030. The van der Waals surface area contributed by atoms with Crippen molar-refractivity contribution in [1.29, 1.82) is 0 Å². The molecule has 0 amide bonds. The minimum absolute atomic E-state index is 0.0773. The summed E-state index contributed by atoms with van der Waals surface area (Å²) in [7, 11) is 0. The van der Waals surface area contributed by atoms with E-state index in [0.717, 1.165) is 0 Å². The Morgan fingerprint density at radius 1 is 1.03 bits per heavy atom. The van der Waals surface area contributed by atoms with Gasteiger partial charge in [-0.2, -0.15) is 0 Å². The zero-order chi connectivity index (χ0) is 24.7. The molecule has 0 saturated heterocycles. The molecule has 2 rings (SSSR count). The van der Waals surface area contributed by atoms with Gasteiger partial charge in [0.05, 0.1) is 11.5 Å². The topological polar surface area (TPSA) is 110 Å². The van der Waals surface area contributed by atoms with Crippen molar-refractivity contribution in [2.45, 2.75) is 45.8 Å². The second kappa shape index (κ2) is 11.2. The van der Waals surface area contributed by atoms with Crippen LogP contribution >= 0.6 is 0 Å². The number of hydrogen-bond acceptors (Lipinski definition) is 7. The second-order valence-electron chi connectivity index (χ2n) is 8.12. The summed E-state index contributed by atoms with van der Waals surface area (Å²) in [6, 6.07) is 8.26. The summed E-state index contributed by atoms with van der Waals surface area (Å²) in [6.45, 7) is 11.9. The molecule has 0 saturated carbocycles. The van der Waals surface area contributed by atoms with Crippen LogP contribution in [0.15, 0.2) is 77.9 Å². The highest BCUT2D eigenvalue weighted by Gasteiger charge is 2.34. The van der Waals surface area contributed by atoms with E-state index in [1.165, 1.54) is 19.1 Å². The molecule has 0 spiro atoms. The second-order valence-corrected chi connectivity index (χ2v) is 8.12. The maximum Gasteiger partial charge on any atom is 0.338 e. The van der Waals surface area contributed by atoms with Crippen LogP contribution < -0.4 is 5.11 Å². The molecular weight excluding hydrogens is 424 g/mol. The van der Waals surface area contributed by atoms with E-state index in [0.29, 0.717) is 16.7 Å². The largest absolute Gasteiger partial charge is 0.545 e. The highest BCUT2D eigenvalue weighted by molar-refractivity contribution is 6.00. The highest BCUT2D eigenvalue weighted by atomic mass is 16.6. The van der Waals surface area contributed by atoms with Gasteiger partial charge < -0.3 is 19.4 Å². The number of ether oxygens (including phenoxy) is 2. The molecule has 33 heavy (non-hydrogen) atoms. The van der Waals surface area contributed by atoms with E-state index in [9.17, 15) is 24.3 Å². The van der Waals surface area contributed by atoms with Gasteiger partial charge in [0.1, 0.15) is 12.2 Å². The number of carbonyl (C=O) groups is 4. The summed E-state index contributed by atoms with van der Waals surface area (Å²) < 4.78 is 11.2. The van der Waals surface area contributed by atoms with Crippen LogP contribution in [0.4, 0.5) is 0 Å². The number of aliphatic carboxylic acids is 1. The number of hydrogen-bond donors (Lipinski definition) is 0. The zero-order valence-corrected chi connectivity index (χ0v) is 19.0. The van der Waals surface area contributed by atoms with Crippen molar-refractivity contribution >= 4 is 23.7 Å². The number of carbonyl (C=O) groups excluding carboxylic acids is 4.